The number of aromatic nitrogens is 4. The van der Waals surface area contributed by atoms with Crippen molar-refractivity contribution in [1.82, 2.24) is 19.9 Å². The fourth-order valence-electron chi connectivity index (χ4n) is 1.97. The zero-order valence-corrected chi connectivity index (χ0v) is 12.7. The van der Waals surface area contributed by atoms with Crippen LogP contribution in [-0.2, 0) is 0 Å². The monoisotopic (exact) mass is 303 g/mol. The number of nitrogen functional groups attached to an aromatic ring is 2. The molecule has 0 aromatic carbocycles. The van der Waals surface area contributed by atoms with Crippen LogP contribution in [0.25, 0.3) is 0 Å². The summed E-state index contributed by atoms with van der Waals surface area (Å²) >= 11 is 1.36. The molecule has 1 aliphatic carbocycles. The van der Waals surface area contributed by atoms with Crippen molar-refractivity contribution in [1.29, 1.82) is 0 Å². The van der Waals surface area contributed by atoms with Crippen molar-refractivity contribution in [3.8, 4) is 0 Å². The van der Waals surface area contributed by atoms with Crippen LogP contribution in [0.4, 0.5) is 17.5 Å². The predicted molar refractivity (Wildman–Crippen MR) is 83.3 cm³/mol. The predicted octanol–water partition coefficient (Wildman–Crippen LogP) is 1.81. The van der Waals surface area contributed by atoms with Gasteiger partial charge in [0.25, 0.3) is 0 Å². The minimum absolute atomic E-state index is 0.355. The summed E-state index contributed by atoms with van der Waals surface area (Å²) in [5.74, 6) is 2.90. The number of nitrogens with zero attached hydrogens (tertiary/aromatic N) is 4. The molecule has 0 unspecified atom stereocenters. The van der Waals surface area contributed by atoms with Gasteiger partial charge in [0, 0.05) is 24.6 Å². The molecule has 0 radical (unpaired) electrons. The molecule has 2 aromatic heterocycles. The van der Waals surface area contributed by atoms with Crippen LogP contribution in [0.5, 0.6) is 0 Å². The van der Waals surface area contributed by atoms with Crippen LogP contribution in [0.15, 0.2) is 16.2 Å². The topological polar surface area (TPSA) is 116 Å². The molecule has 7 nitrogen and oxygen atoms in total. The van der Waals surface area contributed by atoms with E-state index < -0.39 is 0 Å². The summed E-state index contributed by atoms with van der Waals surface area (Å²) in [6.45, 7) is 1.97. The van der Waals surface area contributed by atoms with Gasteiger partial charge < -0.3 is 16.8 Å². The Balaban J connectivity index is 1.98. The molecule has 21 heavy (non-hydrogen) atoms. The molecule has 2 aromatic rings. The summed E-state index contributed by atoms with van der Waals surface area (Å²) in [5.41, 5.74) is 12.4. The second-order valence-electron chi connectivity index (χ2n) is 4.99. The molecule has 1 aliphatic rings. The van der Waals surface area contributed by atoms with Gasteiger partial charge in [-0.2, -0.15) is 0 Å². The fraction of sp³-hybridized carbons (Fsp3) is 0.385. The van der Waals surface area contributed by atoms with E-state index in [1.165, 1.54) is 17.8 Å². The molecule has 1 saturated carbocycles. The van der Waals surface area contributed by atoms with Crippen molar-refractivity contribution in [2.75, 3.05) is 23.8 Å². The minimum atomic E-state index is 0.355. The van der Waals surface area contributed by atoms with E-state index in [0.29, 0.717) is 22.7 Å². The Hall–Kier alpha value is -2.09. The van der Waals surface area contributed by atoms with Gasteiger partial charge in [-0.3, -0.25) is 0 Å². The lowest BCUT2D eigenvalue weighted by atomic mass is 10.3. The van der Waals surface area contributed by atoms with Crippen molar-refractivity contribution in [2.45, 2.75) is 35.9 Å². The van der Waals surface area contributed by atoms with E-state index in [1.807, 2.05) is 14.0 Å². The number of hydrogen-bond acceptors (Lipinski definition) is 8. The van der Waals surface area contributed by atoms with Crippen LogP contribution >= 0.6 is 11.8 Å². The summed E-state index contributed by atoms with van der Waals surface area (Å²) in [7, 11) is 1.86. The Kier molecular flexibility index (Phi) is 3.54. The lowest BCUT2D eigenvalue weighted by Gasteiger charge is -2.11. The second-order valence-corrected chi connectivity index (χ2v) is 5.94. The normalized spacial score (nSPS) is 14.2. The number of anilines is 3. The Bertz CT molecular complexity index is 664. The highest BCUT2D eigenvalue weighted by Gasteiger charge is 2.28. The van der Waals surface area contributed by atoms with E-state index >= 15 is 0 Å². The van der Waals surface area contributed by atoms with Crippen molar-refractivity contribution >= 4 is 29.2 Å². The van der Waals surface area contributed by atoms with E-state index in [-0.39, 0.29) is 0 Å². The molecule has 0 spiro atoms. The summed E-state index contributed by atoms with van der Waals surface area (Å²) in [4.78, 5) is 17.6. The van der Waals surface area contributed by atoms with Gasteiger partial charge in [-0.15, -0.1) is 0 Å². The van der Waals surface area contributed by atoms with Crippen molar-refractivity contribution in [3.05, 3.63) is 17.5 Å². The summed E-state index contributed by atoms with van der Waals surface area (Å²) in [6.07, 6.45) is 2.30. The van der Waals surface area contributed by atoms with E-state index in [2.05, 4.69) is 25.3 Å². The van der Waals surface area contributed by atoms with E-state index in [1.54, 1.807) is 0 Å². The van der Waals surface area contributed by atoms with E-state index in [9.17, 15) is 0 Å². The third-order valence-corrected chi connectivity index (χ3v) is 4.19. The molecular weight excluding hydrogens is 286 g/mol. The lowest BCUT2D eigenvalue weighted by Crippen LogP contribution is -2.05. The zero-order valence-electron chi connectivity index (χ0n) is 11.9. The van der Waals surface area contributed by atoms with Gasteiger partial charge in [0.2, 0.25) is 0 Å². The molecule has 0 amide bonds. The molecule has 0 saturated heterocycles. The maximum atomic E-state index is 5.71. The Morgan fingerprint density at radius 2 is 1.81 bits per heavy atom. The molecule has 0 bridgehead atoms. The molecule has 110 valence electrons. The van der Waals surface area contributed by atoms with Gasteiger partial charge in [0.15, 0.2) is 5.16 Å². The number of nitrogens with two attached hydrogens (primary N) is 2. The molecule has 5 N–H and O–H groups in total. The van der Waals surface area contributed by atoms with Crippen LogP contribution in [-0.4, -0.2) is 27.0 Å². The minimum Gasteiger partial charge on any atom is -0.383 e. The number of nitrogens with one attached hydrogen (secondary N) is 1. The Morgan fingerprint density at radius 1 is 1.14 bits per heavy atom. The molecule has 0 aliphatic heterocycles. The maximum Gasteiger partial charge on any atom is 0.197 e. The largest absolute Gasteiger partial charge is 0.383 e. The second kappa shape index (κ2) is 5.36. The standard InChI is InChI=1S/C13H17N7S/c1-6-10(16-2)19-11(7-3-4-7)20-12(6)21-13-17-8(14)5-9(15)18-13/h5,7H,3-4H2,1-2H3,(H,16,19,20)(H4,14,15,17,18). The molecule has 3 rings (SSSR count). The first kappa shape index (κ1) is 13.9. The molecule has 1 fully saturated rings. The van der Waals surface area contributed by atoms with Gasteiger partial charge in [0.05, 0.1) is 0 Å². The van der Waals surface area contributed by atoms with Crippen molar-refractivity contribution in [3.63, 3.8) is 0 Å². The summed E-state index contributed by atoms with van der Waals surface area (Å²) in [6, 6.07) is 1.53. The molecular formula is C13H17N7S. The van der Waals surface area contributed by atoms with E-state index in [0.717, 1.165) is 35.1 Å². The van der Waals surface area contributed by atoms with Gasteiger partial charge in [-0.1, -0.05) is 0 Å². The van der Waals surface area contributed by atoms with Crippen LogP contribution in [0.2, 0.25) is 0 Å². The Labute approximate surface area is 127 Å². The van der Waals surface area contributed by atoms with E-state index in [4.69, 9.17) is 11.5 Å². The quantitative estimate of drug-likeness (QED) is 0.578. The number of rotatable bonds is 4. The highest BCUT2D eigenvalue weighted by atomic mass is 32.2. The van der Waals surface area contributed by atoms with Gasteiger partial charge in [-0.25, -0.2) is 19.9 Å². The lowest BCUT2D eigenvalue weighted by molar-refractivity contribution is 0.860. The summed E-state index contributed by atoms with van der Waals surface area (Å²) < 4.78 is 0. The van der Waals surface area contributed by atoms with Crippen LogP contribution < -0.4 is 16.8 Å². The smallest absolute Gasteiger partial charge is 0.197 e. The first-order valence-electron chi connectivity index (χ1n) is 6.71. The summed E-state index contributed by atoms with van der Waals surface area (Å²) in [5, 5.41) is 4.45. The molecule has 8 heteroatoms. The molecule has 2 heterocycles. The van der Waals surface area contributed by atoms with Crippen LogP contribution in [0.1, 0.15) is 30.1 Å². The SMILES string of the molecule is CNc1nc(C2CC2)nc(Sc2nc(N)cc(N)n2)c1C. The average molecular weight is 303 g/mol. The highest BCUT2D eigenvalue weighted by Crippen LogP contribution is 2.40. The van der Waals surface area contributed by atoms with Gasteiger partial charge in [0.1, 0.15) is 28.3 Å². The maximum absolute atomic E-state index is 5.71. The van der Waals surface area contributed by atoms with Gasteiger partial charge >= 0.3 is 0 Å². The first-order valence-corrected chi connectivity index (χ1v) is 7.52. The van der Waals surface area contributed by atoms with Crippen LogP contribution in [0.3, 0.4) is 0 Å². The number of hydrogen-bond donors (Lipinski definition) is 3. The fourth-order valence-corrected chi connectivity index (χ4v) is 2.84. The van der Waals surface area contributed by atoms with Gasteiger partial charge in [-0.05, 0) is 31.5 Å². The third-order valence-electron chi connectivity index (χ3n) is 3.23. The highest BCUT2D eigenvalue weighted by molar-refractivity contribution is 7.99. The van der Waals surface area contributed by atoms with Crippen molar-refractivity contribution in [2.24, 2.45) is 0 Å². The third kappa shape index (κ3) is 2.99. The average Bonchev–Trinajstić information content (AvgIpc) is 3.24. The van der Waals surface area contributed by atoms with Crippen molar-refractivity contribution < 1.29 is 0 Å². The zero-order chi connectivity index (χ0) is 15.0. The van der Waals surface area contributed by atoms with Crippen LogP contribution in [0, 0.1) is 6.92 Å². The molecule has 0 atom stereocenters. The Morgan fingerprint density at radius 3 is 2.38 bits per heavy atom. The first-order chi connectivity index (χ1) is 10.1.